The summed E-state index contributed by atoms with van der Waals surface area (Å²) in [5.74, 6) is -0.0827. The van der Waals surface area contributed by atoms with Gasteiger partial charge in [0.05, 0.1) is 36.0 Å². The summed E-state index contributed by atoms with van der Waals surface area (Å²) in [5.41, 5.74) is 0.154. The van der Waals surface area contributed by atoms with Crippen LogP contribution in [0.4, 0.5) is 30.5 Å². The second kappa shape index (κ2) is 13.6. The molecule has 238 valence electrons. The van der Waals surface area contributed by atoms with E-state index in [0.717, 1.165) is 36.5 Å². The number of carbonyl (C=O) groups excluding carboxylic acids is 1. The normalized spacial score (nSPS) is 14.7. The molecule has 3 aromatic rings. The van der Waals surface area contributed by atoms with Crippen LogP contribution < -0.4 is 19.7 Å². The summed E-state index contributed by atoms with van der Waals surface area (Å²) in [5, 5.41) is 6.21. The Hall–Kier alpha value is -3.62. The number of ether oxygens (including phenoxy) is 1. The summed E-state index contributed by atoms with van der Waals surface area (Å²) in [4.78, 5) is 23.1. The van der Waals surface area contributed by atoms with Crippen LogP contribution in [0, 0.1) is 0 Å². The van der Waals surface area contributed by atoms with Crippen LogP contribution in [0.25, 0.3) is 0 Å². The van der Waals surface area contributed by atoms with Gasteiger partial charge in [0.25, 0.3) is 5.91 Å². The molecule has 0 unspecified atom stereocenters. The molecular weight excluding hydrogens is 621 g/mol. The maximum absolute atomic E-state index is 13.9. The van der Waals surface area contributed by atoms with Crippen molar-refractivity contribution in [3.63, 3.8) is 0 Å². The van der Waals surface area contributed by atoms with Gasteiger partial charge in [-0.2, -0.15) is 13.2 Å². The number of likely N-dealkylation sites (tertiary alicyclic amines) is 1. The van der Waals surface area contributed by atoms with Crippen LogP contribution in [0.5, 0.6) is 5.75 Å². The van der Waals surface area contributed by atoms with E-state index in [-0.39, 0.29) is 52.9 Å². The lowest BCUT2D eigenvalue weighted by Crippen LogP contribution is -2.43. The van der Waals surface area contributed by atoms with E-state index in [1.54, 1.807) is 18.2 Å². The van der Waals surface area contributed by atoms with Crippen molar-refractivity contribution in [3.05, 3.63) is 70.0 Å². The molecule has 1 aliphatic rings. The minimum atomic E-state index is -4.72. The van der Waals surface area contributed by atoms with Crippen LogP contribution in [0.15, 0.2) is 42.6 Å². The average molecular weight is 655 g/mol. The maximum atomic E-state index is 13.9. The fourth-order valence-corrected chi connectivity index (χ4v) is 5.55. The number of benzene rings is 2. The van der Waals surface area contributed by atoms with Crippen molar-refractivity contribution in [2.24, 2.45) is 0 Å². The molecule has 1 amide bonds. The molecule has 15 heteroatoms. The number of hydrogen-bond donors (Lipinski definition) is 2. The van der Waals surface area contributed by atoms with Crippen molar-refractivity contribution in [2.75, 3.05) is 50.2 Å². The van der Waals surface area contributed by atoms with Gasteiger partial charge in [-0.25, -0.2) is 18.4 Å². The first kappa shape index (κ1) is 33.3. The van der Waals surface area contributed by atoms with Crippen molar-refractivity contribution in [3.8, 4) is 5.75 Å². The van der Waals surface area contributed by atoms with Crippen molar-refractivity contribution in [2.45, 2.75) is 37.9 Å². The van der Waals surface area contributed by atoms with Crippen molar-refractivity contribution < 1.29 is 31.1 Å². The molecular formula is C29H34ClF3N6O4S. The maximum Gasteiger partial charge on any atom is 0.419 e. The third-order valence-corrected chi connectivity index (χ3v) is 8.88. The Balaban J connectivity index is 1.56. The van der Waals surface area contributed by atoms with E-state index in [0.29, 0.717) is 23.0 Å². The van der Waals surface area contributed by atoms with Gasteiger partial charge in [0.1, 0.15) is 5.75 Å². The molecule has 2 heterocycles. The number of halogens is 4. The molecule has 10 nitrogen and oxygen atoms in total. The Morgan fingerprint density at radius 1 is 1.16 bits per heavy atom. The number of nitrogens with zero attached hydrogens (tertiary/aromatic N) is 4. The Morgan fingerprint density at radius 2 is 1.86 bits per heavy atom. The van der Waals surface area contributed by atoms with E-state index in [1.165, 1.54) is 32.4 Å². The molecule has 0 atom stereocenters. The number of nitrogens with one attached hydrogen (secondary N) is 2. The van der Waals surface area contributed by atoms with Crippen LogP contribution in [0.3, 0.4) is 0 Å². The zero-order valence-electron chi connectivity index (χ0n) is 24.7. The highest BCUT2D eigenvalue weighted by molar-refractivity contribution is 7.92. The topological polar surface area (TPSA) is 117 Å². The molecule has 1 fully saturated rings. The summed E-state index contributed by atoms with van der Waals surface area (Å²) in [6, 6.07) is 9.32. The largest absolute Gasteiger partial charge is 0.495 e. The van der Waals surface area contributed by atoms with Gasteiger partial charge in [0.15, 0.2) is 0 Å². The standard InChI is InChI=1S/C29H34ClF3N6O4S/c1-38-13-11-21(12-14-38)35-27(40)19-7-10-24(26(15-19)43-3)37-28-34-17-22(29(31,32)33)23(36-28)9-6-18-5-8-20(30)16-25(18)39(2)44(4,41)42/h5,7-8,10,15-17,21H,6,9,11-14H2,1-4H3,(H,35,40)(H,34,36,37). The van der Waals surface area contributed by atoms with Crippen molar-refractivity contribution in [1.82, 2.24) is 20.2 Å². The van der Waals surface area contributed by atoms with Gasteiger partial charge in [-0.05, 0) is 81.7 Å². The zero-order valence-corrected chi connectivity index (χ0v) is 26.3. The lowest BCUT2D eigenvalue weighted by atomic mass is 10.0. The highest BCUT2D eigenvalue weighted by Crippen LogP contribution is 2.34. The number of rotatable bonds is 10. The number of aryl methyl sites for hydroxylation is 2. The highest BCUT2D eigenvalue weighted by atomic mass is 35.5. The number of hydrogen-bond acceptors (Lipinski definition) is 8. The number of anilines is 3. The molecule has 1 aliphatic heterocycles. The molecule has 2 aromatic carbocycles. The number of alkyl halides is 3. The third kappa shape index (κ3) is 8.30. The van der Waals surface area contributed by atoms with E-state index in [1.807, 2.05) is 7.05 Å². The van der Waals surface area contributed by atoms with Gasteiger partial charge in [0, 0.05) is 29.9 Å². The average Bonchev–Trinajstić information content (AvgIpc) is 2.96. The Labute approximate surface area is 259 Å². The van der Waals surface area contributed by atoms with Crippen LogP contribution in [-0.2, 0) is 29.0 Å². The fraction of sp³-hybridized carbons (Fsp3) is 0.414. The molecule has 44 heavy (non-hydrogen) atoms. The molecule has 1 aromatic heterocycles. The van der Waals surface area contributed by atoms with Crippen molar-refractivity contribution in [1.29, 1.82) is 0 Å². The summed E-state index contributed by atoms with van der Waals surface area (Å²) in [7, 11) is 1.14. The van der Waals surface area contributed by atoms with E-state index >= 15 is 0 Å². The number of piperidine rings is 1. The monoisotopic (exact) mass is 654 g/mol. The van der Waals surface area contributed by atoms with E-state index in [2.05, 4.69) is 25.5 Å². The number of amides is 1. The smallest absolute Gasteiger partial charge is 0.419 e. The van der Waals surface area contributed by atoms with Gasteiger partial charge in [0.2, 0.25) is 16.0 Å². The zero-order chi connectivity index (χ0) is 32.2. The molecule has 0 radical (unpaired) electrons. The molecule has 0 bridgehead atoms. The Kier molecular flexibility index (Phi) is 10.3. The molecule has 0 saturated carbocycles. The highest BCUT2D eigenvalue weighted by Gasteiger charge is 2.35. The molecule has 1 saturated heterocycles. The summed E-state index contributed by atoms with van der Waals surface area (Å²) in [6.45, 7) is 1.79. The quantitative estimate of drug-likeness (QED) is 0.317. The minimum absolute atomic E-state index is 0.0380. The first-order valence-corrected chi connectivity index (χ1v) is 16.0. The van der Waals surface area contributed by atoms with E-state index < -0.39 is 21.8 Å². The summed E-state index contributed by atoms with van der Waals surface area (Å²) in [6.07, 6.45) is -1.44. The van der Waals surface area contributed by atoms with Gasteiger partial charge < -0.3 is 20.3 Å². The predicted molar refractivity (Wildman–Crippen MR) is 163 cm³/mol. The molecule has 0 aliphatic carbocycles. The van der Waals surface area contributed by atoms with Gasteiger partial charge in [-0.1, -0.05) is 17.7 Å². The number of sulfonamides is 1. The van der Waals surface area contributed by atoms with Gasteiger partial charge in [-0.15, -0.1) is 0 Å². The second-order valence-corrected chi connectivity index (χ2v) is 13.1. The second-order valence-electron chi connectivity index (χ2n) is 10.6. The lowest BCUT2D eigenvalue weighted by molar-refractivity contribution is -0.138. The van der Waals surface area contributed by atoms with Crippen LogP contribution in [-0.4, -0.2) is 75.8 Å². The van der Waals surface area contributed by atoms with E-state index in [4.69, 9.17) is 16.3 Å². The molecule has 2 N–H and O–H groups in total. The minimum Gasteiger partial charge on any atom is -0.495 e. The number of aromatic nitrogens is 2. The lowest BCUT2D eigenvalue weighted by Gasteiger charge is -2.29. The van der Waals surface area contributed by atoms with Crippen molar-refractivity contribution >= 4 is 44.9 Å². The number of methoxy groups -OCH3 is 1. The summed E-state index contributed by atoms with van der Waals surface area (Å²) >= 11 is 6.08. The number of carbonyl (C=O) groups is 1. The van der Waals surface area contributed by atoms with Crippen LogP contribution in [0.1, 0.15) is 40.0 Å². The third-order valence-electron chi connectivity index (χ3n) is 7.45. The van der Waals surface area contributed by atoms with Crippen LogP contribution >= 0.6 is 11.6 Å². The fourth-order valence-electron chi connectivity index (χ4n) is 4.86. The van der Waals surface area contributed by atoms with Gasteiger partial charge in [-0.3, -0.25) is 9.10 Å². The Bertz CT molecular complexity index is 1620. The van der Waals surface area contributed by atoms with Gasteiger partial charge >= 0.3 is 6.18 Å². The summed E-state index contributed by atoms with van der Waals surface area (Å²) < 4.78 is 72.5. The predicted octanol–water partition coefficient (Wildman–Crippen LogP) is 4.91. The SMILES string of the molecule is COc1cc(C(=O)NC2CCN(C)CC2)ccc1Nc1ncc(C(F)(F)F)c(CCc2ccc(Cl)cc2N(C)S(C)(=O)=O)n1. The Morgan fingerprint density at radius 3 is 2.50 bits per heavy atom. The van der Waals surface area contributed by atoms with E-state index in [9.17, 15) is 26.4 Å². The molecule has 4 rings (SSSR count). The van der Waals surface area contributed by atoms with Crippen LogP contribution in [0.2, 0.25) is 5.02 Å². The first-order valence-electron chi connectivity index (χ1n) is 13.8. The molecule has 0 spiro atoms. The first-order chi connectivity index (χ1) is 20.7.